The number of hydrogen-bond acceptors (Lipinski definition) is 2. The lowest BCUT2D eigenvalue weighted by atomic mass is 9.98. The summed E-state index contributed by atoms with van der Waals surface area (Å²) in [5.74, 6) is 0.268. The summed E-state index contributed by atoms with van der Waals surface area (Å²) >= 11 is 0. The Kier molecular flexibility index (Phi) is 4.96. The topological polar surface area (TPSA) is 44.0 Å². The van der Waals surface area contributed by atoms with Crippen molar-refractivity contribution < 1.29 is 5.11 Å². The van der Waals surface area contributed by atoms with Crippen LogP contribution < -0.4 is 0 Å². The molecule has 0 saturated heterocycles. The quantitative estimate of drug-likeness (QED) is 0.647. The molecule has 0 saturated carbocycles. The molecule has 0 aromatic heterocycles. The highest BCUT2D eigenvalue weighted by Gasteiger charge is 2.10. The summed E-state index contributed by atoms with van der Waals surface area (Å²) in [6.45, 7) is 3.93. The van der Waals surface area contributed by atoms with E-state index in [1.165, 1.54) is 0 Å². The first-order chi connectivity index (χ1) is 4.72. The summed E-state index contributed by atoms with van der Waals surface area (Å²) in [7, 11) is 0. The average molecular weight is 141 g/mol. The maximum Gasteiger partial charge on any atom is 0.0621 e. The molecule has 0 aromatic carbocycles. The number of rotatable bonds is 4. The third-order valence-electron chi connectivity index (χ3n) is 1.79. The second kappa shape index (κ2) is 5.25. The third-order valence-corrected chi connectivity index (χ3v) is 1.79. The van der Waals surface area contributed by atoms with Crippen molar-refractivity contribution >= 4 is 0 Å². The molecule has 0 aliphatic carbocycles. The van der Waals surface area contributed by atoms with Crippen LogP contribution in [0.5, 0.6) is 0 Å². The van der Waals surface area contributed by atoms with Crippen LogP contribution in [0.3, 0.4) is 0 Å². The zero-order chi connectivity index (χ0) is 7.98. The van der Waals surface area contributed by atoms with Gasteiger partial charge in [-0.2, -0.15) is 5.26 Å². The molecule has 2 atom stereocenters. The van der Waals surface area contributed by atoms with Crippen LogP contribution in [0.1, 0.15) is 33.1 Å². The van der Waals surface area contributed by atoms with Gasteiger partial charge in [-0.05, 0) is 18.8 Å². The monoisotopic (exact) mass is 141 g/mol. The lowest BCUT2D eigenvalue weighted by molar-refractivity contribution is 0.109. The van der Waals surface area contributed by atoms with E-state index in [4.69, 9.17) is 5.26 Å². The highest BCUT2D eigenvalue weighted by molar-refractivity contribution is 4.73. The molecule has 2 nitrogen and oxygen atoms in total. The van der Waals surface area contributed by atoms with Crippen LogP contribution in [-0.4, -0.2) is 11.2 Å². The van der Waals surface area contributed by atoms with Gasteiger partial charge >= 0.3 is 0 Å². The molecular weight excluding hydrogens is 126 g/mol. The lowest BCUT2D eigenvalue weighted by Gasteiger charge is -2.14. The molecular formula is C8H15NO. The molecule has 0 amide bonds. The largest absolute Gasteiger partial charge is 0.393 e. The van der Waals surface area contributed by atoms with E-state index in [0.29, 0.717) is 6.42 Å². The SMILES string of the molecule is CC[C@H](O)[C@@H](C)CCC#N. The van der Waals surface area contributed by atoms with Crippen LogP contribution in [-0.2, 0) is 0 Å². The first kappa shape index (κ1) is 9.45. The summed E-state index contributed by atoms with van der Waals surface area (Å²) in [5.41, 5.74) is 0. The summed E-state index contributed by atoms with van der Waals surface area (Å²) in [4.78, 5) is 0. The number of hydrogen-bond donors (Lipinski definition) is 1. The summed E-state index contributed by atoms with van der Waals surface area (Å²) < 4.78 is 0. The van der Waals surface area contributed by atoms with Gasteiger partial charge in [-0.1, -0.05) is 13.8 Å². The molecule has 0 unspecified atom stereocenters. The van der Waals surface area contributed by atoms with Crippen LogP contribution in [0.15, 0.2) is 0 Å². The van der Waals surface area contributed by atoms with Gasteiger partial charge in [0.15, 0.2) is 0 Å². The fraction of sp³-hybridized carbons (Fsp3) is 0.875. The van der Waals surface area contributed by atoms with E-state index in [0.717, 1.165) is 12.8 Å². The average Bonchev–Trinajstić information content (AvgIpc) is 1.98. The minimum atomic E-state index is -0.228. The van der Waals surface area contributed by atoms with E-state index in [-0.39, 0.29) is 12.0 Å². The van der Waals surface area contributed by atoms with Gasteiger partial charge in [0, 0.05) is 6.42 Å². The Labute approximate surface area is 62.5 Å². The Morgan fingerprint density at radius 1 is 1.60 bits per heavy atom. The standard InChI is InChI=1S/C8H15NO/c1-3-8(10)7(2)5-4-6-9/h7-8,10H,3-5H2,1-2H3/t7-,8-/m0/s1. The molecule has 0 aromatic rings. The molecule has 0 fully saturated rings. The lowest BCUT2D eigenvalue weighted by Crippen LogP contribution is -2.15. The van der Waals surface area contributed by atoms with Crippen molar-refractivity contribution in [3.8, 4) is 6.07 Å². The van der Waals surface area contributed by atoms with Crippen molar-refractivity contribution in [3.05, 3.63) is 0 Å². The number of nitrogens with zero attached hydrogens (tertiary/aromatic N) is 1. The number of nitriles is 1. The van der Waals surface area contributed by atoms with Crippen LogP contribution in [0.2, 0.25) is 0 Å². The normalized spacial score (nSPS) is 15.8. The first-order valence-electron chi connectivity index (χ1n) is 3.77. The molecule has 0 rings (SSSR count). The fourth-order valence-electron chi connectivity index (χ4n) is 0.887. The second-order valence-electron chi connectivity index (χ2n) is 2.65. The van der Waals surface area contributed by atoms with Gasteiger partial charge in [-0.3, -0.25) is 0 Å². The van der Waals surface area contributed by atoms with Gasteiger partial charge in [0.25, 0.3) is 0 Å². The molecule has 2 heteroatoms. The molecule has 0 heterocycles. The molecule has 0 aliphatic rings. The fourth-order valence-corrected chi connectivity index (χ4v) is 0.887. The Balaban J connectivity index is 3.43. The van der Waals surface area contributed by atoms with Gasteiger partial charge in [-0.15, -0.1) is 0 Å². The molecule has 0 spiro atoms. The van der Waals surface area contributed by atoms with Crippen LogP contribution in [0.25, 0.3) is 0 Å². The van der Waals surface area contributed by atoms with Crippen LogP contribution >= 0.6 is 0 Å². The van der Waals surface area contributed by atoms with Crippen LogP contribution in [0.4, 0.5) is 0 Å². The summed E-state index contributed by atoms with van der Waals surface area (Å²) in [6, 6.07) is 2.07. The van der Waals surface area contributed by atoms with Crippen molar-refractivity contribution in [2.45, 2.75) is 39.2 Å². The minimum absolute atomic E-state index is 0.228. The molecule has 0 radical (unpaired) electrons. The van der Waals surface area contributed by atoms with E-state index < -0.39 is 0 Å². The van der Waals surface area contributed by atoms with Gasteiger partial charge in [0.05, 0.1) is 12.2 Å². The van der Waals surface area contributed by atoms with Gasteiger partial charge in [0.1, 0.15) is 0 Å². The van der Waals surface area contributed by atoms with E-state index >= 15 is 0 Å². The van der Waals surface area contributed by atoms with Gasteiger partial charge in [-0.25, -0.2) is 0 Å². The zero-order valence-electron chi connectivity index (χ0n) is 6.67. The molecule has 0 bridgehead atoms. The Morgan fingerprint density at radius 3 is 2.60 bits per heavy atom. The van der Waals surface area contributed by atoms with Gasteiger partial charge < -0.3 is 5.11 Å². The highest BCUT2D eigenvalue weighted by Crippen LogP contribution is 2.12. The van der Waals surface area contributed by atoms with Crippen molar-refractivity contribution in [2.24, 2.45) is 5.92 Å². The third kappa shape index (κ3) is 3.47. The van der Waals surface area contributed by atoms with Crippen LogP contribution in [0, 0.1) is 17.2 Å². The van der Waals surface area contributed by atoms with Gasteiger partial charge in [0.2, 0.25) is 0 Å². The number of aliphatic hydroxyl groups excluding tert-OH is 1. The maximum atomic E-state index is 9.24. The smallest absolute Gasteiger partial charge is 0.0621 e. The van der Waals surface area contributed by atoms with E-state index in [1.54, 1.807) is 0 Å². The van der Waals surface area contributed by atoms with E-state index in [9.17, 15) is 5.11 Å². The minimum Gasteiger partial charge on any atom is -0.393 e. The second-order valence-corrected chi connectivity index (χ2v) is 2.65. The predicted molar refractivity (Wildman–Crippen MR) is 40.3 cm³/mol. The van der Waals surface area contributed by atoms with Crippen molar-refractivity contribution in [2.75, 3.05) is 0 Å². The Bertz CT molecular complexity index is 117. The van der Waals surface area contributed by atoms with Crippen molar-refractivity contribution in [1.29, 1.82) is 5.26 Å². The highest BCUT2D eigenvalue weighted by atomic mass is 16.3. The first-order valence-corrected chi connectivity index (χ1v) is 3.77. The summed E-state index contributed by atoms with van der Waals surface area (Å²) in [5, 5.41) is 17.5. The Morgan fingerprint density at radius 2 is 2.20 bits per heavy atom. The molecule has 0 aliphatic heterocycles. The molecule has 1 N–H and O–H groups in total. The van der Waals surface area contributed by atoms with E-state index in [2.05, 4.69) is 6.07 Å². The molecule has 10 heavy (non-hydrogen) atoms. The summed E-state index contributed by atoms with van der Waals surface area (Å²) in [6.07, 6.45) is 1.92. The van der Waals surface area contributed by atoms with Crippen molar-refractivity contribution in [3.63, 3.8) is 0 Å². The predicted octanol–water partition coefficient (Wildman–Crippen LogP) is 1.70. The maximum absolute atomic E-state index is 9.24. The number of aliphatic hydroxyl groups is 1. The van der Waals surface area contributed by atoms with Crippen molar-refractivity contribution in [1.82, 2.24) is 0 Å². The van der Waals surface area contributed by atoms with E-state index in [1.807, 2.05) is 13.8 Å². The zero-order valence-corrected chi connectivity index (χ0v) is 6.67. The molecule has 58 valence electrons. The Hall–Kier alpha value is -0.550.